The zero-order valence-electron chi connectivity index (χ0n) is 11.5. The second-order valence-corrected chi connectivity index (χ2v) is 5.00. The van der Waals surface area contributed by atoms with Crippen molar-refractivity contribution in [2.24, 2.45) is 0 Å². The van der Waals surface area contributed by atoms with Crippen molar-refractivity contribution < 1.29 is 9.47 Å². The van der Waals surface area contributed by atoms with Crippen LogP contribution in [0.2, 0.25) is 0 Å². The monoisotopic (exact) mass is 315 g/mol. The number of aryl methyl sites for hydroxylation is 1. The Balaban J connectivity index is 2.86. The second kappa shape index (κ2) is 7.64. The summed E-state index contributed by atoms with van der Waals surface area (Å²) in [5.41, 5.74) is 1.21. The molecule has 1 atom stereocenters. The average molecular weight is 316 g/mol. The van der Waals surface area contributed by atoms with Crippen LogP contribution in [-0.2, 0) is 6.42 Å². The van der Waals surface area contributed by atoms with Crippen LogP contribution in [0.25, 0.3) is 0 Å². The van der Waals surface area contributed by atoms with E-state index in [9.17, 15) is 0 Å². The molecule has 0 saturated carbocycles. The first-order valence-electron chi connectivity index (χ1n) is 6.24. The third kappa shape index (κ3) is 3.62. The Labute approximate surface area is 118 Å². The first kappa shape index (κ1) is 15.3. The van der Waals surface area contributed by atoms with Crippen LogP contribution in [-0.4, -0.2) is 27.3 Å². The van der Waals surface area contributed by atoms with E-state index in [2.05, 4.69) is 34.2 Å². The fourth-order valence-corrected chi connectivity index (χ4v) is 2.75. The molecule has 0 aliphatic heterocycles. The quantitative estimate of drug-likeness (QED) is 0.836. The highest BCUT2D eigenvalue weighted by Crippen LogP contribution is 2.37. The molecular weight excluding hydrogens is 294 g/mol. The van der Waals surface area contributed by atoms with Gasteiger partial charge in [0, 0.05) is 6.04 Å². The minimum atomic E-state index is 0.551. The summed E-state index contributed by atoms with van der Waals surface area (Å²) in [5.74, 6) is 1.68. The van der Waals surface area contributed by atoms with Gasteiger partial charge in [0.15, 0.2) is 0 Å². The molecule has 4 heteroatoms. The molecule has 102 valence electrons. The van der Waals surface area contributed by atoms with Gasteiger partial charge in [-0.25, -0.2) is 0 Å². The maximum absolute atomic E-state index is 5.47. The molecule has 0 fully saturated rings. The summed E-state index contributed by atoms with van der Waals surface area (Å²) in [5, 5.41) is 3.32. The van der Waals surface area contributed by atoms with Crippen LogP contribution < -0.4 is 14.8 Å². The average Bonchev–Trinajstić information content (AvgIpc) is 2.40. The van der Waals surface area contributed by atoms with Crippen molar-refractivity contribution in [2.45, 2.75) is 32.2 Å². The smallest absolute Gasteiger partial charge is 0.139 e. The Hall–Kier alpha value is -0.740. The molecule has 0 radical (unpaired) electrons. The lowest BCUT2D eigenvalue weighted by atomic mass is 10.0. The molecule has 0 aliphatic carbocycles. The number of ether oxygens (including phenoxy) is 2. The SMILES string of the molecule is CCC(CCc1ccc(OC)c(Br)c1OC)NC. The number of methoxy groups -OCH3 is 2. The van der Waals surface area contributed by atoms with Gasteiger partial charge >= 0.3 is 0 Å². The number of benzene rings is 1. The summed E-state index contributed by atoms with van der Waals surface area (Å²) in [6.45, 7) is 2.20. The number of halogens is 1. The predicted octanol–water partition coefficient (Wildman–Crippen LogP) is 3.40. The lowest BCUT2D eigenvalue weighted by Gasteiger charge is -2.16. The van der Waals surface area contributed by atoms with E-state index in [1.807, 2.05) is 13.1 Å². The third-order valence-electron chi connectivity index (χ3n) is 3.23. The van der Waals surface area contributed by atoms with Crippen molar-refractivity contribution >= 4 is 15.9 Å². The van der Waals surface area contributed by atoms with E-state index >= 15 is 0 Å². The van der Waals surface area contributed by atoms with Crippen molar-refractivity contribution in [1.29, 1.82) is 0 Å². The molecule has 0 aromatic heterocycles. The molecule has 1 N–H and O–H groups in total. The zero-order chi connectivity index (χ0) is 13.5. The van der Waals surface area contributed by atoms with Gasteiger partial charge in [0.2, 0.25) is 0 Å². The Kier molecular flexibility index (Phi) is 6.50. The molecule has 1 unspecified atom stereocenters. The van der Waals surface area contributed by atoms with Crippen molar-refractivity contribution in [2.75, 3.05) is 21.3 Å². The first-order chi connectivity index (χ1) is 8.67. The molecular formula is C14H22BrNO2. The molecule has 1 aromatic carbocycles. The van der Waals surface area contributed by atoms with Gasteiger partial charge in [0.1, 0.15) is 16.0 Å². The molecule has 18 heavy (non-hydrogen) atoms. The van der Waals surface area contributed by atoms with Gasteiger partial charge in [-0.3, -0.25) is 0 Å². The normalized spacial score (nSPS) is 12.3. The van der Waals surface area contributed by atoms with Crippen LogP contribution in [0.5, 0.6) is 11.5 Å². The fourth-order valence-electron chi connectivity index (χ4n) is 2.04. The topological polar surface area (TPSA) is 30.5 Å². The molecule has 0 heterocycles. The molecule has 0 spiro atoms. The van der Waals surface area contributed by atoms with Gasteiger partial charge in [-0.05, 0) is 53.9 Å². The summed E-state index contributed by atoms with van der Waals surface area (Å²) in [4.78, 5) is 0. The van der Waals surface area contributed by atoms with Crippen molar-refractivity contribution in [3.8, 4) is 11.5 Å². The number of nitrogens with one attached hydrogen (secondary N) is 1. The van der Waals surface area contributed by atoms with Gasteiger partial charge < -0.3 is 14.8 Å². The van der Waals surface area contributed by atoms with Crippen molar-refractivity contribution in [1.82, 2.24) is 5.32 Å². The minimum Gasteiger partial charge on any atom is -0.495 e. The van der Waals surface area contributed by atoms with Crippen LogP contribution in [0, 0.1) is 0 Å². The summed E-state index contributed by atoms with van der Waals surface area (Å²) in [7, 11) is 5.36. The number of hydrogen-bond acceptors (Lipinski definition) is 3. The summed E-state index contributed by atoms with van der Waals surface area (Å²) < 4.78 is 11.6. The minimum absolute atomic E-state index is 0.551. The second-order valence-electron chi connectivity index (χ2n) is 4.21. The fraction of sp³-hybridized carbons (Fsp3) is 0.571. The molecule has 0 saturated heterocycles. The Morgan fingerprint density at radius 3 is 2.50 bits per heavy atom. The first-order valence-corrected chi connectivity index (χ1v) is 7.03. The van der Waals surface area contributed by atoms with E-state index in [1.54, 1.807) is 14.2 Å². The number of rotatable bonds is 7. The van der Waals surface area contributed by atoms with E-state index in [-0.39, 0.29) is 0 Å². The zero-order valence-corrected chi connectivity index (χ0v) is 13.1. The van der Waals surface area contributed by atoms with Gasteiger partial charge in [-0.2, -0.15) is 0 Å². The maximum atomic E-state index is 5.47. The van der Waals surface area contributed by atoms with E-state index in [0.717, 1.165) is 35.2 Å². The van der Waals surface area contributed by atoms with Crippen LogP contribution in [0.1, 0.15) is 25.3 Å². The summed E-state index contributed by atoms with van der Waals surface area (Å²) in [6.07, 6.45) is 3.23. The van der Waals surface area contributed by atoms with E-state index in [0.29, 0.717) is 6.04 Å². The molecule has 1 rings (SSSR count). The van der Waals surface area contributed by atoms with E-state index < -0.39 is 0 Å². The summed E-state index contributed by atoms with van der Waals surface area (Å²) >= 11 is 3.53. The van der Waals surface area contributed by atoms with Gasteiger partial charge in [0.25, 0.3) is 0 Å². The van der Waals surface area contributed by atoms with Gasteiger partial charge in [-0.1, -0.05) is 13.0 Å². The number of hydrogen-bond donors (Lipinski definition) is 1. The van der Waals surface area contributed by atoms with Crippen LogP contribution in [0.15, 0.2) is 16.6 Å². The van der Waals surface area contributed by atoms with Gasteiger partial charge in [-0.15, -0.1) is 0 Å². The molecule has 0 bridgehead atoms. The van der Waals surface area contributed by atoms with E-state index in [4.69, 9.17) is 9.47 Å². The highest BCUT2D eigenvalue weighted by Gasteiger charge is 2.13. The van der Waals surface area contributed by atoms with Crippen LogP contribution in [0.4, 0.5) is 0 Å². The molecule has 1 aromatic rings. The molecule has 0 aliphatic rings. The van der Waals surface area contributed by atoms with Crippen molar-refractivity contribution in [3.63, 3.8) is 0 Å². The van der Waals surface area contributed by atoms with Crippen LogP contribution >= 0.6 is 15.9 Å². The Morgan fingerprint density at radius 1 is 1.28 bits per heavy atom. The summed E-state index contributed by atoms with van der Waals surface area (Å²) in [6, 6.07) is 4.60. The predicted molar refractivity (Wildman–Crippen MR) is 78.7 cm³/mol. The van der Waals surface area contributed by atoms with Crippen LogP contribution in [0.3, 0.4) is 0 Å². The Bertz CT molecular complexity index is 378. The third-order valence-corrected chi connectivity index (χ3v) is 3.98. The highest BCUT2D eigenvalue weighted by atomic mass is 79.9. The lowest BCUT2D eigenvalue weighted by molar-refractivity contribution is 0.384. The largest absolute Gasteiger partial charge is 0.495 e. The maximum Gasteiger partial charge on any atom is 0.139 e. The lowest BCUT2D eigenvalue weighted by Crippen LogP contribution is -2.24. The standard InChI is InChI=1S/C14H22BrNO2/c1-5-11(16-2)8-6-10-7-9-12(17-3)13(15)14(10)18-4/h7,9,11,16H,5-6,8H2,1-4H3. The molecule has 0 amide bonds. The van der Waals surface area contributed by atoms with E-state index in [1.165, 1.54) is 5.56 Å². The Morgan fingerprint density at radius 2 is 2.00 bits per heavy atom. The van der Waals surface area contributed by atoms with Gasteiger partial charge in [0.05, 0.1) is 14.2 Å². The molecule has 3 nitrogen and oxygen atoms in total. The van der Waals surface area contributed by atoms with Crippen molar-refractivity contribution in [3.05, 3.63) is 22.2 Å². The highest BCUT2D eigenvalue weighted by molar-refractivity contribution is 9.10.